The quantitative estimate of drug-likeness (QED) is 0.707. The first-order valence-corrected chi connectivity index (χ1v) is 9.70. The number of hydrogen-bond acceptors (Lipinski definition) is 3. The van der Waals surface area contributed by atoms with Gasteiger partial charge in [-0.25, -0.2) is 0 Å². The minimum absolute atomic E-state index is 0.164. The number of benzene rings is 3. The molecule has 0 radical (unpaired) electrons. The Morgan fingerprint density at radius 1 is 1.00 bits per heavy atom. The minimum atomic E-state index is 0.164. The fourth-order valence-electron chi connectivity index (χ4n) is 4.04. The van der Waals surface area contributed by atoms with Crippen LogP contribution in [-0.4, -0.2) is 26.3 Å². The van der Waals surface area contributed by atoms with Crippen molar-refractivity contribution in [3.63, 3.8) is 0 Å². The Morgan fingerprint density at radius 3 is 2.63 bits per heavy atom. The molecule has 0 saturated carbocycles. The highest BCUT2D eigenvalue weighted by molar-refractivity contribution is 5.89. The summed E-state index contributed by atoms with van der Waals surface area (Å²) in [6, 6.07) is 21.5. The molecule has 2 unspecified atom stereocenters. The predicted octanol–water partition coefficient (Wildman–Crippen LogP) is 4.82. The van der Waals surface area contributed by atoms with Crippen molar-refractivity contribution in [1.29, 1.82) is 0 Å². The van der Waals surface area contributed by atoms with Crippen LogP contribution in [0, 0.1) is 6.92 Å². The smallest absolute Gasteiger partial charge is 0.132 e. The number of piperidine rings is 1. The number of hydrogen-bond donors (Lipinski definition) is 1. The van der Waals surface area contributed by atoms with E-state index in [1.807, 2.05) is 6.07 Å². The van der Waals surface area contributed by atoms with Crippen LogP contribution in [0.25, 0.3) is 10.8 Å². The summed E-state index contributed by atoms with van der Waals surface area (Å²) in [6.45, 7) is 4.61. The van der Waals surface area contributed by atoms with E-state index in [1.165, 1.54) is 16.5 Å². The lowest BCUT2D eigenvalue weighted by atomic mass is 9.87. The zero-order valence-electron chi connectivity index (χ0n) is 16.1. The third-order valence-corrected chi connectivity index (χ3v) is 5.55. The first-order chi connectivity index (χ1) is 13.3. The molecule has 0 bridgehead atoms. The van der Waals surface area contributed by atoms with Gasteiger partial charge in [-0.05, 0) is 30.8 Å². The van der Waals surface area contributed by atoms with E-state index in [4.69, 9.17) is 9.47 Å². The van der Waals surface area contributed by atoms with E-state index in [9.17, 15) is 0 Å². The average molecular weight is 361 g/mol. The van der Waals surface area contributed by atoms with Crippen molar-refractivity contribution in [2.24, 2.45) is 0 Å². The summed E-state index contributed by atoms with van der Waals surface area (Å²) in [7, 11) is 1.74. The standard InChI is InChI=1S/C24H27NO2/c1-17-7-9-19(10-8-17)21-13-14-25-15-23(21)27-16-20-12-11-18-5-3-4-6-22(18)24(20)26-2/h3-12,21,23,25H,13-16H2,1-2H3. The third-order valence-electron chi connectivity index (χ3n) is 5.55. The lowest BCUT2D eigenvalue weighted by Crippen LogP contribution is -2.41. The summed E-state index contributed by atoms with van der Waals surface area (Å²) in [5, 5.41) is 5.81. The second-order valence-corrected chi connectivity index (χ2v) is 7.34. The van der Waals surface area contributed by atoms with Gasteiger partial charge in [0.15, 0.2) is 0 Å². The molecular formula is C24H27NO2. The van der Waals surface area contributed by atoms with Gasteiger partial charge in [0, 0.05) is 23.4 Å². The molecule has 0 amide bonds. The van der Waals surface area contributed by atoms with Crippen molar-refractivity contribution >= 4 is 10.8 Å². The van der Waals surface area contributed by atoms with E-state index in [1.54, 1.807) is 7.11 Å². The van der Waals surface area contributed by atoms with Gasteiger partial charge in [0.05, 0.1) is 19.8 Å². The molecule has 1 N–H and O–H groups in total. The number of methoxy groups -OCH3 is 1. The molecular weight excluding hydrogens is 334 g/mol. The number of aryl methyl sites for hydroxylation is 1. The molecule has 1 aliphatic heterocycles. The highest BCUT2D eigenvalue weighted by Crippen LogP contribution is 2.32. The monoisotopic (exact) mass is 361 g/mol. The summed E-state index contributed by atoms with van der Waals surface area (Å²) >= 11 is 0. The van der Waals surface area contributed by atoms with Crippen LogP contribution in [0.5, 0.6) is 5.75 Å². The van der Waals surface area contributed by atoms with Gasteiger partial charge in [-0.15, -0.1) is 0 Å². The third kappa shape index (κ3) is 3.85. The molecule has 3 heteroatoms. The first-order valence-electron chi connectivity index (χ1n) is 9.70. The van der Waals surface area contributed by atoms with Gasteiger partial charge in [-0.3, -0.25) is 0 Å². The first kappa shape index (κ1) is 18.0. The van der Waals surface area contributed by atoms with Crippen LogP contribution in [-0.2, 0) is 11.3 Å². The molecule has 3 aromatic carbocycles. The summed E-state index contributed by atoms with van der Waals surface area (Å²) in [6.07, 6.45) is 1.26. The molecule has 3 nitrogen and oxygen atoms in total. The van der Waals surface area contributed by atoms with Crippen LogP contribution >= 0.6 is 0 Å². The summed E-state index contributed by atoms with van der Waals surface area (Å²) in [5.74, 6) is 1.35. The van der Waals surface area contributed by atoms with Gasteiger partial charge in [0.25, 0.3) is 0 Å². The van der Waals surface area contributed by atoms with Crippen molar-refractivity contribution in [3.05, 3.63) is 77.4 Å². The molecule has 0 aromatic heterocycles. The van der Waals surface area contributed by atoms with Crippen LogP contribution in [0.1, 0.15) is 29.0 Å². The molecule has 2 atom stereocenters. The molecule has 0 spiro atoms. The fraction of sp³-hybridized carbons (Fsp3) is 0.333. The van der Waals surface area contributed by atoms with E-state index < -0.39 is 0 Å². The number of nitrogens with one attached hydrogen (secondary N) is 1. The predicted molar refractivity (Wildman–Crippen MR) is 110 cm³/mol. The van der Waals surface area contributed by atoms with E-state index in [-0.39, 0.29) is 6.10 Å². The van der Waals surface area contributed by atoms with Crippen LogP contribution in [0.15, 0.2) is 60.7 Å². The molecule has 140 valence electrons. The highest BCUT2D eigenvalue weighted by Gasteiger charge is 2.27. The Labute approximate surface area is 161 Å². The summed E-state index contributed by atoms with van der Waals surface area (Å²) < 4.78 is 12.1. The maximum Gasteiger partial charge on any atom is 0.132 e. The Kier molecular flexibility index (Phi) is 5.42. The fourth-order valence-corrected chi connectivity index (χ4v) is 4.04. The largest absolute Gasteiger partial charge is 0.496 e. The number of ether oxygens (including phenoxy) is 2. The molecule has 4 rings (SSSR count). The zero-order valence-corrected chi connectivity index (χ0v) is 16.1. The van der Waals surface area contributed by atoms with Gasteiger partial charge < -0.3 is 14.8 Å². The lowest BCUT2D eigenvalue weighted by Gasteiger charge is -2.32. The lowest BCUT2D eigenvalue weighted by molar-refractivity contribution is 0.00990. The Hall–Kier alpha value is -2.36. The maximum atomic E-state index is 6.42. The molecule has 1 fully saturated rings. The number of rotatable bonds is 5. The van der Waals surface area contributed by atoms with Crippen LogP contribution < -0.4 is 10.1 Å². The van der Waals surface area contributed by atoms with Crippen molar-refractivity contribution < 1.29 is 9.47 Å². The van der Waals surface area contributed by atoms with Crippen molar-refractivity contribution in [3.8, 4) is 5.75 Å². The van der Waals surface area contributed by atoms with Crippen LogP contribution in [0.4, 0.5) is 0 Å². The van der Waals surface area contributed by atoms with Crippen molar-refractivity contribution in [2.75, 3.05) is 20.2 Å². The van der Waals surface area contributed by atoms with E-state index in [0.717, 1.165) is 36.2 Å². The summed E-state index contributed by atoms with van der Waals surface area (Å²) in [5.41, 5.74) is 3.77. The van der Waals surface area contributed by atoms with Crippen molar-refractivity contribution in [2.45, 2.75) is 32.0 Å². The molecule has 27 heavy (non-hydrogen) atoms. The Bertz CT molecular complexity index is 904. The SMILES string of the molecule is COc1c(COC2CNCCC2c2ccc(C)cc2)ccc2ccccc12. The zero-order chi connectivity index (χ0) is 18.6. The summed E-state index contributed by atoms with van der Waals surface area (Å²) in [4.78, 5) is 0. The van der Waals surface area contributed by atoms with Crippen LogP contribution in [0.3, 0.4) is 0 Å². The molecule has 1 saturated heterocycles. The normalized spacial score (nSPS) is 19.9. The van der Waals surface area contributed by atoms with E-state index >= 15 is 0 Å². The van der Waals surface area contributed by atoms with Gasteiger partial charge in [0.1, 0.15) is 5.75 Å². The van der Waals surface area contributed by atoms with Gasteiger partial charge in [0.2, 0.25) is 0 Å². The second kappa shape index (κ2) is 8.12. The Balaban J connectivity index is 1.54. The molecule has 3 aromatic rings. The maximum absolute atomic E-state index is 6.42. The van der Waals surface area contributed by atoms with Gasteiger partial charge >= 0.3 is 0 Å². The van der Waals surface area contributed by atoms with Gasteiger partial charge in [-0.2, -0.15) is 0 Å². The van der Waals surface area contributed by atoms with E-state index in [0.29, 0.717) is 12.5 Å². The van der Waals surface area contributed by atoms with Crippen molar-refractivity contribution in [1.82, 2.24) is 5.32 Å². The molecule has 1 heterocycles. The Morgan fingerprint density at radius 2 is 1.81 bits per heavy atom. The molecule has 0 aliphatic carbocycles. The highest BCUT2D eigenvalue weighted by atomic mass is 16.5. The average Bonchev–Trinajstić information content (AvgIpc) is 2.72. The van der Waals surface area contributed by atoms with Gasteiger partial charge in [-0.1, -0.05) is 66.2 Å². The van der Waals surface area contributed by atoms with E-state index in [2.05, 4.69) is 66.8 Å². The topological polar surface area (TPSA) is 30.5 Å². The second-order valence-electron chi connectivity index (χ2n) is 7.34. The minimum Gasteiger partial charge on any atom is -0.496 e. The number of fused-ring (bicyclic) bond motifs is 1. The van der Waals surface area contributed by atoms with Crippen LogP contribution in [0.2, 0.25) is 0 Å². The molecule has 1 aliphatic rings.